The van der Waals surface area contributed by atoms with Crippen LogP contribution in [0.2, 0.25) is 5.02 Å². The van der Waals surface area contributed by atoms with Crippen LogP contribution in [0.1, 0.15) is 40.9 Å². The topological polar surface area (TPSA) is 117 Å². The summed E-state index contributed by atoms with van der Waals surface area (Å²) in [4.78, 5) is 25.4. The zero-order valence-electron chi connectivity index (χ0n) is 18.2. The first-order chi connectivity index (χ1) is 15.7. The molecule has 0 atom stereocenters. The lowest BCUT2D eigenvalue weighted by atomic mass is 10.1. The molecule has 3 rings (SSSR count). The van der Waals surface area contributed by atoms with Crippen molar-refractivity contribution in [1.82, 2.24) is 4.57 Å². The summed E-state index contributed by atoms with van der Waals surface area (Å²) in [5.41, 5.74) is 0.555. The fourth-order valence-corrected chi connectivity index (χ4v) is 3.28. The Balaban J connectivity index is 2.05. The predicted octanol–water partition coefficient (Wildman–Crippen LogP) is 5.42. The zero-order chi connectivity index (χ0) is 24.1. The second-order valence-corrected chi connectivity index (χ2v) is 7.89. The standard InChI is InChI=1S/C24H21ClN4O4/c1-14(2)33-24(32)18-11-17(9-10-20(18)25)27-28-21-15(3)19(12-26)22(30)29(23(21)31)13-16-7-5-4-6-8-16/h4-11,14,30H,13H2,1-3H3. The van der Waals surface area contributed by atoms with Crippen molar-refractivity contribution in [3.05, 3.63) is 86.2 Å². The number of nitriles is 1. The number of nitrogens with zero attached hydrogens (tertiary/aromatic N) is 4. The number of carbonyl (C=O) groups is 1. The summed E-state index contributed by atoms with van der Waals surface area (Å²) < 4.78 is 6.25. The molecule has 0 bridgehead atoms. The molecule has 0 unspecified atom stereocenters. The highest BCUT2D eigenvalue weighted by Crippen LogP contribution is 2.29. The predicted molar refractivity (Wildman–Crippen MR) is 124 cm³/mol. The maximum absolute atomic E-state index is 13.1. The van der Waals surface area contributed by atoms with E-state index in [4.69, 9.17) is 16.3 Å². The normalized spacial score (nSPS) is 11.0. The van der Waals surface area contributed by atoms with Gasteiger partial charge < -0.3 is 9.84 Å². The number of rotatable bonds is 6. The van der Waals surface area contributed by atoms with E-state index in [2.05, 4.69) is 10.2 Å². The largest absolute Gasteiger partial charge is 0.493 e. The molecule has 0 fully saturated rings. The highest BCUT2D eigenvalue weighted by molar-refractivity contribution is 6.33. The molecule has 3 aromatic rings. The highest BCUT2D eigenvalue weighted by Gasteiger charge is 2.20. The number of hydrogen-bond donors (Lipinski definition) is 1. The van der Waals surface area contributed by atoms with Gasteiger partial charge in [0.25, 0.3) is 5.56 Å². The van der Waals surface area contributed by atoms with Gasteiger partial charge in [0.05, 0.1) is 28.9 Å². The number of hydrogen-bond acceptors (Lipinski definition) is 7. The highest BCUT2D eigenvalue weighted by atomic mass is 35.5. The molecule has 1 aromatic heterocycles. The van der Waals surface area contributed by atoms with Gasteiger partial charge in [-0.05, 0) is 44.5 Å². The van der Waals surface area contributed by atoms with Gasteiger partial charge in [-0.2, -0.15) is 10.4 Å². The van der Waals surface area contributed by atoms with Crippen LogP contribution in [0.4, 0.5) is 11.4 Å². The van der Waals surface area contributed by atoms with Crippen LogP contribution >= 0.6 is 11.6 Å². The first-order valence-corrected chi connectivity index (χ1v) is 10.4. The van der Waals surface area contributed by atoms with Gasteiger partial charge in [-0.1, -0.05) is 41.9 Å². The van der Waals surface area contributed by atoms with E-state index in [0.717, 1.165) is 10.1 Å². The molecule has 0 aliphatic carbocycles. The fraction of sp³-hybridized carbons (Fsp3) is 0.208. The van der Waals surface area contributed by atoms with Crippen molar-refractivity contribution >= 4 is 28.9 Å². The minimum absolute atomic E-state index is 0.0507. The van der Waals surface area contributed by atoms with E-state index >= 15 is 0 Å². The molecule has 9 heteroatoms. The third-order valence-corrected chi connectivity index (χ3v) is 5.06. The van der Waals surface area contributed by atoms with Gasteiger partial charge in [-0.15, -0.1) is 5.11 Å². The number of azo groups is 1. The molecule has 0 amide bonds. The lowest BCUT2D eigenvalue weighted by Crippen LogP contribution is -2.22. The molecule has 8 nitrogen and oxygen atoms in total. The number of aromatic nitrogens is 1. The van der Waals surface area contributed by atoms with Crippen molar-refractivity contribution in [3.8, 4) is 11.9 Å². The molecule has 1 N–H and O–H groups in total. The van der Waals surface area contributed by atoms with Gasteiger partial charge in [-0.3, -0.25) is 9.36 Å². The van der Waals surface area contributed by atoms with Gasteiger partial charge in [0.15, 0.2) is 5.69 Å². The number of halogens is 1. The maximum atomic E-state index is 13.1. The van der Waals surface area contributed by atoms with Crippen LogP contribution in [0.5, 0.6) is 5.88 Å². The van der Waals surface area contributed by atoms with Crippen LogP contribution in [0, 0.1) is 18.3 Å². The Morgan fingerprint density at radius 2 is 1.91 bits per heavy atom. The summed E-state index contributed by atoms with van der Waals surface area (Å²) in [5.74, 6) is -1.04. The molecular formula is C24H21ClN4O4. The molecule has 0 radical (unpaired) electrons. The van der Waals surface area contributed by atoms with Crippen LogP contribution in [0.15, 0.2) is 63.6 Å². The number of esters is 1. The molecule has 33 heavy (non-hydrogen) atoms. The number of benzene rings is 2. The lowest BCUT2D eigenvalue weighted by molar-refractivity contribution is 0.0378. The van der Waals surface area contributed by atoms with Crippen LogP contribution in [-0.4, -0.2) is 21.7 Å². The van der Waals surface area contributed by atoms with Crippen molar-refractivity contribution in [2.45, 2.75) is 33.4 Å². The van der Waals surface area contributed by atoms with E-state index < -0.39 is 17.4 Å². The van der Waals surface area contributed by atoms with Crippen molar-refractivity contribution < 1.29 is 14.6 Å². The molecule has 0 aliphatic rings. The second-order valence-electron chi connectivity index (χ2n) is 7.48. The summed E-state index contributed by atoms with van der Waals surface area (Å²) >= 11 is 6.11. The van der Waals surface area contributed by atoms with Crippen LogP contribution < -0.4 is 5.56 Å². The molecule has 0 aliphatic heterocycles. The zero-order valence-corrected chi connectivity index (χ0v) is 19.0. The first kappa shape index (κ1) is 23.7. The average Bonchev–Trinajstić information content (AvgIpc) is 2.78. The van der Waals surface area contributed by atoms with E-state index in [1.165, 1.54) is 25.1 Å². The van der Waals surface area contributed by atoms with E-state index in [-0.39, 0.29) is 45.7 Å². The number of aromatic hydroxyl groups is 1. The lowest BCUT2D eigenvalue weighted by Gasteiger charge is -2.13. The summed E-state index contributed by atoms with van der Waals surface area (Å²) in [6.07, 6.45) is -0.328. The number of carbonyl (C=O) groups excluding carboxylic acids is 1. The first-order valence-electron chi connectivity index (χ1n) is 10.1. The van der Waals surface area contributed by atoms with Crippen molar-refractivity contribution in [1.29, 1.82) is 5.26 Å². The minimum Gasteiger partial charge on any atom is -0.493 e. The van der Waals surface area contributed by atoms with E-state index in [9.17, 15) is 20.0 Å². The van der Waals surface area contributed by atoms with Gasteiger partial charge >= 0.3 is 5.97 Å². The average molecular weight is 465 g/mol. The summed E-state index contributed by atoms with van der Waals surface area (Å²) in [6, 6.07) is 15.4. The monoisotopic (exact) mass is 464 g/mol. The molecule has 1 heterocycles. The molecule has 0 saturated carbocycles. The third kappa shape index (κ3) is 5.27. The van der Waals surface area contributed by atoms with Crippen molar-refractivity contribution in [2.24, 2.45) is 10.2 Å². The van der Waals surface area contributed by atoms with Gasteiger partial charge in [-0.25, -0.2) is 4.79 Å². The summed E-state index contributed by atoms with van der Waals surface area (Å²) in [6.45, 7) is 5.00. The van der Waals surface area contributed by atoms with Gasteiger partial charge in [0, 0.05) is 5.56 Å². The van der Waals surface area contributed by atoms with Crippen molar-refractivity contribution in [3.63, 3.8) is 0 Å². The van der Waals surface area contributed by atoms with Crippen LogP contribution in [0.3, 0.4) is 0 Å². The van der Waals surface area contributed by atoms with E-state index in [1.54, 1.807) is 38.1 Å². The van der Waals surface area contributed by atoms with Crippen LogP contribution in [0.25, 0.3) is 0 Å². The SMILES string of the molecule is Cc1c(C#N)c(O)n(Cc2ccccc2)c(=O)c1N=Nc1ccc(Cl)c(C(=O)OC(C)C)c1. The van der Waals surface area contributed by atoms with Gasteiger partial charge in [0.1, 0.15) is 11.6 Å². The summed E-state index contributed by atoms with van der Waals surface area (Å²) in [5, 5.41) is 28.4. The Hall–Kier alpha value is -3.96. The fourth-order valence-electron chi connectivity index (χ4n) is 3.09. The Morgan fingerprint density at radius 1 is 1.21 bits per heavy atom. The van der Waals surface area contributed by atoms with Crippen molar-refractivity contribution in [2.75, 3.05) is 0 Å². The molecule has 168 valence electrons. The molecular weight excluding hydrogens is 444 g/mol. The smallest absolute Gasteiger partial charge is 0.339 e. The van der Waals surface area contributed by atoms with Gasteiger partial charge in [0.2, 0.25) is 5.88 Å². The number of ether oxygens (including phenoxy) is 1. The Kier molecular flexibility index (Phi) is 7.26. The molecule has 0 saturated heterocycles. The van der Waals surface area contributed by atoms with E-state index in [1.807, 2.05) is 12.1 Å². The second kappa shape index (κ2) is 10.1. The summed E-state index contributed by atoms with van der Waals surface area (Å²) in [7, 11) is 0. The Bertz CT molecular complexity index is 1330. The molecule has 2 aromatic carbocycles. The maximum Gasteiger partial charge on any atom is 0.339 e. The van der Waals surface area contributed by atoms with Crippen LogP contribution in [-0.2, 0) is 11.3 Å². The van der Waals surface area contributed by atoms with E-state index in [0.29, 0.717) is 0 Å². The Labute approximate surface area is 195 Å². The Morgan fingerprint density at radius 3 is 2.55 bits per heavy atom. The molecule has 0 spiro atoms. The minimum atomic E-state index is -0.607. The quantitative estimate of drug-likeness (QED) is 0.386. The number of pyridine rings is 1. The third-order valence-electron chi connectivity index (χ3n) is 4.73.